The number of hydrogen-bond donors (Lipinski definition) is 1. The summed E-state index contributed by atoms with van der Waals surface area (Å²) >= 11 is 0. The van der Waals surface area contributed by atoms with Gasteiger partial charge in [0.15, 0.2) is 17.3 Å². The lowest BCUT2D eigenvalue weighted by atomic mass is 9.87. The number of halogens is 2. The van der Waals surface area contributed by atoms with Gasteiger partial charge in [0.2, 0.25) is 0 Å². The van der Waals surface area contributed by atoms with E-state index in [0.29, 0.717) is 36.8 Å². The normalized spacial score (nSPS) is 16.1. The van der Waals surface area contributed by atoms with E-state index in [4.69, 9.17) is 4.74 Å². The van der Waals surface area contributed by atoms with Crippen LogP contribution in [-0.2, 0) is 17.8 Å². The summed E-state index contributed by atoms with van der Waals surface area (Å²) in [4.78, 5) is 20.0. The third-order valence-electron chi connectivity index (χ3n) is 5.49. The molecule has 0 bridgehead atoms. The van der Waals surface area contributed by atoms with Crippen LogP contribution in [-0.4, -0.2) is 53.7 Å². The number of nitrogens with one attached hydrogen (secondary N) is 1. The first-order valence-corrected chi connectivity index (χ1v) is 10.1. The van der Waals surface area contributed by atoms with Gasteiger partial charge < -0.3 is 19.5 Å². The first-order valence-electron chi connectivity index (χ1n) is 10.1. The molecular weight excluding hydrogens is 390 g/mol. The van der Waals surface area contributed by atoms with Crippen molar-refractivity contribution in [3.05, 3.63) is 41.2 Å². The molecule has 8 heteroatoms. The number of rotatable bonds is 5. The predicted molar refractivity (Wildman–Crippen MR) is 111 cm³/mol. The molecule has 0 aliphatic carbocycles. The number of imidazole rings is 1. The number of fused-ring (bicyclic) bond motifs is 1. The van der Waals surface area contributed by atoms with Crippen LogP contribution in [0, 0.1) is 17.0 Å². The Hall–Kier alpha value is -2.32. The Bertz CT molecular complexity index is 921. The SMILES string of the molecule is COCC(NC(=O)c1nc(-c2ccc(F)c(F)c2)n2c1CN(C)CCC2)C(C)(C)C. The summed E-state index contributed by atoms with van der Waals surface area (Å²) in [5, 5.41) is 3.05. The Morgan fingerprint density at radius 2 is 2.00 bits per heavy atom. The Morgan fingerprint density at radius 1 is 1.27 bits per heavy atom. The fourth-order valence-corrected chi connectivity index (χ4v) is 3.66. The maximum Gasteiger partial charge on any atom is 0.272 e. The lowest BCUT2D eigenvalue weighted by Crippen LogP contribution is -2.47. The molecule has 0 saturated carbocycles. The van der Waals surface area contributed by atoms with Gasteiger partial charge in [0.25, 0.3) is 5.91 Å². The monoisotopic (exact) mass is 420 g/mol. The number of hydrogen-bond acceptors (Lipinski definition) is 4. The van der Waals surface area contributed by atoms with Crippen molar-refractivity contribution in [3.63, 3.8) is 0 Å². The van der Waals surface area contributed by atoms with Crippen molar-refractivity contribution in [1.29, 1.82) is 0 Å². The second kappa shape index (κ2) is 8.81. The van der Waals surface area contributed by atoms with Crippen LogP contribution in [0.25, 0.3) is 11.4 Å². The van der Waals surface area contributed by atoms with Crippen molar-refractivity contribution in [2.24, 2.45) is 5.41 Å². The van der Waals surface area contributed by atoms with E-state index in [1.807, 2.05) is 32.4 Å². The van der Waals surface area contributed by atoms with E-state index in [2.05, 4.69) is 15.2 Å². The zero-order chi connectivity index (χ0) is 22.1. The number of amides is 1. The summed E-state index contributed by atoms with van der Waals surface area (Å²) in [5.74, 6) is -1.66. The van der Waals surface area contributed by atoms with Crippen molar-refractivity contribution in [2.45, 2.75) is 46.3 Å². The molecule has 1 amide bonds. The van der Waals surface area contributed by atoms with E-state index < -0.39 is 11.6 Å². The zero-order valence-corrected chi connectivity index (χ0v) is 18.3. The minimum Gasteiger partial charge on any atom is -0.383 e. The average molecular weight is 421 g/mol. The van der Waals surface area contributed by atoms with Gasteiger partial charge in [-0.25, -0.2) is 13.8 Å². The van der Waals surface area contributed by atoms with Gasteiger partial charge in [-0.15, -0.1) is 0 Å². The highest BCUT2D eigenvalue weighted by Gasteiger charge is 2.31. The molecule has 1 unspecified atom stereocenters. The fourth-order valence-electron chi connectivity index (χ4n) is 3.66. The van der Waals surface area contributed by atoms with Gasteiger partial charge in [-0.1, -0.05) is 20.8 Å². The summed E-state index contributed by atoms with van der Waals surface area (Å²) in [6.45, 7) is 8.54. The minimum atomic E-state index is -0.936. The number of carbonyl (C=O) groups excluding carboxylic acids is 1. The minimum absolute atomic E-state index is 0.206. The summed E-state index contributed by atoms with van der Waals surface area (Å²) in [6, 6.07) is 3.50. The second-order valence-electron chi connectivity index (χ2n) is 8.95. The number of aromatic nitrogens is 2. The lowest BCUT2D eigenvalue weighted by Gasteiger charge is -2.30. The van der Waals surface area contributed by atoms with Gasteiger partial charge in [-0.3, -0.25) is 4.79 Å². The molecule has 1 aliphatic rings. The maximum absolute atomic E-state index is 13.9. The molecular formula is C22H30F2N4O2. The highest BCUT2D eigenvalue weighted by Crippen LogP contribution is 2.28. The highest BCUT2D eigenvalue weighted by molar-refractivity contribution is 5.94. The van der Waals surface area contributed by atoms with Gasteiger partial charge in [-0.05, 0) is 43.6 Å². The van der Waals surface area contributed by atoms with Crippen molar-refractivity contribution < 1.29 is 18.3 Å². The summed E-state index contributed by atoms with van der Waals surface area (Å²) in [5.41, 5.74) is 1.33. The molecule has 1 aromatic heterocycles. The molecule has 0 spiro atoms. The van der Waals surface area contributed by atoms with Gasteiger partial charge >= 0.3 is 0 Å². The third kappa shape index (κ3) is 4.70. The molecule has 3 rings (SSSR count). The number of carbonyl (C=O) groups is 1. The van der Waals surface area contributed by atoms with Crippen LogP contribution in [0.1, 0.15) is 43.4 Å². The molecule has 1 aromatic carbocycles. The van der Waals surface area contributed by atoms with Crippen LogP contribution in [0.3, 0.4) is 0 Å². The van der Waals surface area contributed by atoms with E-state index in [9.17, 15) is 13.6 Å². The van der Waals surface area contributed by atoms with Gasteiger partial charge in [0.05, 0.1) is 18.3 Å². The van der Waals surface area contributed by atoms with Crippen LogP contribution in [0.15, 0.2) is 18.2 Å². The molecule has 0 fully saturated rings. The lowest BCUT2D eigenvalue weighted by molar-refractivity contribution is 0.0781. The van der Waals surface area contributed by atoms with Crippen LogP contribution in [0.5, 0.6) is 0 Å². The number of nitrogens with zero attached hydrogens (tertiary/aromatic N) is 3. The summed E-state index contributed by atoms with van der Waals surface area (Å²) in [7, 11) is 3.59. The standard InChI is InChI=1S/C22H30F2N4O2/c1-22(2,3)18(13-30-5)25-21(29)19-17-12-27(4)9-6-10-28(17)20(26-19)14-7-8-15(23)16(24)11-14/h7-8,11,18H,6,9-10,12-13H2,1-5H3,(H,25,29). The van der Waals surface area contributed by atoms with E-state index in [-0.39, 0.29) is 17.4 Å². The highest BCUT2D eigenvalue weighted by atomic mass is 19.2. The largest absolute Gasteiger partial charge is 0.383 e. The topological polar surface area (TPSA) is 59.4 Å². The van der Waals surface area contributed by atoms with Crippen molar-refractivity contribution in [1.82, 2.24) is 19.8 Å². The third-order valence-corrected chi connectivity index (χ3v) is 5.49. The number of methoxy groups -OCH3 is 1. The zero-order valence-electron chi connectivity index (χ0n) is 18.3. The van der Waals surface area contributed by atoms with E-state index >= 15 is 0 Å². The first kappa shape index (κ1) is 22.4. The van der Waals surface area contributed by atoms with Crippen molar-refractivity contribution in [3.8, 4) is 11.4 Å². The smallest absolute Gasteiger partial charge is 0.272 e. The van der Waals surface area contributed by atoms with Crippen LogP contribution >= 0.6 is 0 Å². The van der Waals surface area contributed by atoms with Crippen molar-refractivity contribution >= 4 is 5.91 Å². The second-order valence-corrected chi connectivity index (χ2v) is 8.95. The maximum atomic E-state index is 13.9. The number of ether oxygens (including phenoxy) is 1. The van der Waals surface area contributed by atoms with Gasteiger partial charge in [-0.2, -0.15) is 0 Å². The molecule has 30 heavy (non-hydrogen) atoms. The predicted octanol–water partition coefficient (Wildman–Crippen LogP) is 3.45. The molecule has 1 atom stereocenters. The Labute approximate surface area is 176 Å². The Morgan fingerprint density at radius 3 is 2.63 bits per heavy atom. The quantitative estimate of drug-likeness (QED) is 0.805. The molecule has 6 nitrogen and oxygen atoms in total. The van der Waals surface area contributed by atoms with E-state index in [0.717, 1.165) is 30.8 Å². The first-order chi connectivity index (χ1) is 14.1. The molecule has 1 N–H and O–H groups in total. The van der Waals surface area contributed by atoms with Crippen molar-refractivity contribution in [2.75, 3.05) is 27.3 Å². The molecule has 0 radical (unpaired) electrons. The van der Waals surface area contributed by atoms with Crippen LogP contribution in [0.4, 0.5) is 8.78 Å². The average Bonchev–Trinajstić information content (AvgIpc) is 2.89. The molecule has 2 heterocycles. The molecule has 2 aromatic rings. The number of benzene rings is 1. The van der Waals surface area contributed by atoms with E-state index in [1.165, 1.54) is 6.07 Å². The van der Waals surface area contributed by atoms with Gasteiger partial charge in [0.1, 0.15) is 5.82 Å². The molecule has 164 valence electrons. The summed E-state index contributed by atoms with van der Waals surface area (Å²) < 4.78 is 34.6. The fraction of sp³-hybridized carbons (Fsp3) is 0.545. The molecule has 1 aliphatic heterocycles. The Balaban J connectivity index is 2.04. The Kier molecular flexibility index (Phi) is 6.57. The summed E-state index contributed by atoms with van der Waals surface area (Å²) in [6.07, 6.45) is 0.867. The molecule has 0 saturated heterocycles. The van der Waals surface area contributed by atoms with E-state index in [1.54, 1.807) is 7.11 Å². The van der Waals surface area contributed by atoms with Gasteiger partial charge in [0, 0.05) is 25.8 Å². The van der Waals surface area contributed by atoms with Crippen LogP contribution < -0.4 is 5.32 Å². The van der Waals surface area contributed by atoms with Crippen LogP contribution in [0.2, 0.25) is 0 Å².